The number of benzene rings is 2. The Morgan fingerprint density at radius 3 is 2.68 bits per heavy atom. The molecule has 0 aliphatic rings. The average molecular weight is 439 g/mol. The summed E-state index contributed by atoms with van der Waals surface area (Å²) in [5.41, 5.74) is 0.679. The van der Waals surface area contributed by atoms with Crippen molar-refractivity contribution in [3.05, 3.63) is 57.8 Å². The van der Waals surface area contributed by atoms with Gasteiger partial charge in [-0.05, 0) is 49.2 Å². The first-order valence-electron chi connectivity index (χ1n) is 9.16. The Balaban J connectivity index is 1.91. The molecule has 7 heteroatoms. The number of rotatable bonds is 7. The number of carbonyl (C=O) groups excluding carboxylic acids is 1. The summed E-state index contributed by atoms with van der Waals surface area (Å²) in [6.45, 7) is 4.03. The van der Waals surface area contributed by atoms with Crippen LogP contribution in [-0.4, -0.2) is 10.9 Å². The van der Waals surface area contributed by atoms with Gasteiger partial charge in [0.1, 0.15) is 5.82 Å². The number of aromatic nitrogens is 1. The number of thiazole rings is 1. The van der Waals surface area contributed by atoms with E-state index in [1.165, 1.54) is 23.5 Å². The normalized spacial score (nSPS) is 13.5. The highest BCUT2D eigenvalue weighted by Gasteiger charge is 2.35. The van der Waals surface area contributed by atoms with Crippen LogP contribution < -0.4 is 5.32 Å². The van der Waals surface area contributed by atoms with Crippen LogP contribution in [0.5, 0.6) is 0 Å². The largest absolute Gasteiger partial charge is 0.301 e. The monoisotopic (exact) mass is 438 g/mol. The summed E-state index contributed by atoms with van der Waals surface area (Å²) in [4.78, 5) is 17.7. The van der Waals surface area contributed by atoms with E-state index >= 15 is 0 Å². The molecule has 3 aromatic rings. The minimum atomic E-state index is -0.785. The Bertz CT molecular complexity index is 1010. The first-order valence-corrected chi connectivity index (χ1v) is 10.7. The van der Waals surface area contributed by atoms with Crippen molar-refractivity contribution in [3.8, 4) is 0 Å². The topological polar surface area (TPSA) is 42.0 Å². The highest BCUT2D eigenvalue weighted by Crippen LogP contribution is 2.36. The molecule has 0 bridgehead atoms. The second-order valence-corrected chi connectivity index (χ2v) is 8.85. The highest BCUT2D eigenvalue weighted by molar-refractivity contribution is 7.22. The Morgan fingerprint density at radius 2 is 1.96 bits per heavy atom. The Kier molecular flexibility index (Phi) is 6.58. The first kappa shape index (κ1) is 21.0. The van der Waals surface area contributed by atoms with E-state index in [1.807, 2.05) is 13.0 Å². The number of halogens is 3. The summed E-state index contributed by atoms with van der Waals surface area (Å²) in [7, 11) is 0. The smallest absolute Gasteiger partial charge is 0.236 e. The van der Waals surface area contributed by atoms with Crippen LogP contribution in [0.1, 0.15) is 45.1 Å². The standard InChI is InChI=1S/C21H21Cl2FN2OS/c1-3-4-5-10-21(2,13-6-8-15(22)16(23)11-13)19(27)26-20-25-17-9-7-14(24)12-18(17)28-20/h6-9,11-12H,3-5,10H2,1-2H3,(H,25,26,27). The molecule has 3 nitrogen and oxygen atoms in total. The van der Waals surface area contributed by atoms with Gasteiger partial charge in [-0.25, -0.2) is 9.37 Å². The van der Waals surface area contributed by atoms with E-state index < -0.39 is 5.41 Å². The van der Waals surface area contributed by atoms with Gasteiger partial charge in [-0.1, -0.05) is 66.8 Å². The molecule has 1 unspecified atom stereocenters. The lowest BCUT2D eigenvalue weighted by molar-refractivity contribution is -0.121. The fourth-order valence-corrected chi connectivity index (χ4v) is 4.33. The number of nitrogens with one attached hydrogen (secondary N) is 1. The second kappa shape index (κ2) is 8.76. The van der Waals surface area contributed by atoms with E-state index in [0.29, 0.717) is 31.8 Å². The van der Waals surface area contributed by atoms with E-state index in [9.17, 15) is 9.18 Å². The molecule has 0 spiro atoms. The third kappa shape index (κ3) is 4.48. The lowest BCUT2D eigenvalue weighted by atomic mass is 9.77. The Hall–Kier alpha value is -1.69. The predicted octanol–water partition coefficient (Wildman–Crippen LogP) is 7.22. The van der Waals surface area contributed by atoms with Crippen LogP contribution in [0.25, 0.3) is 10.2 Å². The molecule has 0 saturated carbocycles. The summed E-state index contributed by atoms with van der Waals surface area (Å²) < 4.78 is 14.1. The lowest BCUT2D eigenvalue weighted by Crippen LogP contribution is -2.37. The molecule has 148 valence electrons. The fourth-order valence-electron chi connectivity index (χ4n) is 3.14. The molecule has 1 aromatic heterocycles. The van der Waals surface area contributed by atoms with Gasteiger partial charge in [-0.15, -0.1) is 0 Å². The number of carbonyl (C=O) groups is 1. The maximum absolute atomic E-state index is 13.4. The van der Waals surface area contributed by atoms with E-state index in [4.69, 9.17) is 23.2 Å². The van der Waals surface area contributed by atoms with Gasteiger partial charge < -0.3 is 5.32 Å². The quantitative estimate of drug-likeness (QED) is 0.395. The lowest BCUT2D eigenvalue weighted by Gasteiger charge is -2.29. The highest BCUT2D eigenvalue weighted by atomic mass is 35.5. The van der Waals surface area contributed by atoms with Crippen molar-refractivity contribution >= 4 is 55.8 Å². The minimum absolute atomic E-state index is 0.165. The zero-order valence-electron chi connectivity index (χ0n) is 15.7. The number of fused-ring (bicyclic) bond motifs is 1. The number of anilines is 1. The van der Waals surface area contributed by atoms with Crippen molar-refractivity contribution in [2.45, 2.75) is 44.9 Å². The van der Waals surface area contributed by atoms with Crippen LogP contribution in [0.15, 0.2) is 36.4 Å². The van der Waals surface area contributed by atoms with Crippen LogP contribution in [-0.2, 0) is 10.2 Å². The zero-order chi connectivity index (χ0) is 20.3. The fraction of sp³-hybridized carbons (Fsp3) is 0.333. The van der Waals surface area contributed by atoms with Gasteiger partial charge in [-0.2, -0.15) is 0 Å². The van der Waals surface area contributed by atoms with Crippen molar-refractivity contribution in [3.63, 3.8) is 0 Å². The molecule has 0 saturated heterocycles. The molecule has 28 heavy (non-hydrogen) atoms. The van der Waals surface area contributed by atoms with E-state index in [1.54, 1.807) is 18.2 Å². The van der Waals surface area contributed by atoms with Crippen molar-refractivity contribution in [1.82, 2.24) is 4.98 Å². The molecule has 0 radical (unpaired) electrons. The maximum Gasteiger partial charge on any atom is 0.236 e. The molecule has 0 fully saturated rings. The molecule has 2 aromatic carbocycles. The molecule has 0 aliphatic heterocycles. The van der Waals surface area contributed by atoms with Crippen LogP contribution >= 0.6 is 34.5 Å². The van der Waals surface area contributed by atoms with E-state index in [0.717, 1.165) is 24.8 Å². The summed E-state index contributed by atoms with van der Waals surface area (Å²) in [6.07, 6.45) is 3.67. The van der Waals surface area contributed by atoms with Crippen LogP contribution in [0.4, 0.5) is 9.52 Å². The minimum Gasteiger partial charge on any atom is -0.301 e. The third-order valence-corrected chi connectivity index (χ3v) is 6.58. The molecule has 1 atom stereocenters. The Morgan fingerprint density at radius 1 is 1.18 bits per heavy atom. The molecular weight excluding hydrogens is 418 g/mol. The second-order valence-electron chi connectivity index (χ2n) is 7.00. The van der Waals surface area contributed by atoms with Gasteiger partial charge in [0.05, 0.1) is 25.7 Å². The molecule has 1 N–H and O–H groups in total. The maximum atomic E-state index is 13.4. The summed E-state index contributed by atoms with van der Waals surface area (Å²) in [6, 6.07) is 9.69. The van der Waals surface area contributed by atoms with Gasteiger partial charge in [0.15, 0.2) is 5.13 Å². The van der Waals surface area contributed by atoms with Crippen LogP contribution in [0.2, 0.25) is 10.0 Å². The van der Waals surface area contributed by atoms with Crippen molar-refractivity contribution in [1.29, 1.82) is 0 Å². The van der Waals surface area contributed by atoms with E-state index in [2.05, 4.69) is 17.2 Å². The molecule has 0 aliphatic carbocycles. The van der Waals surface area contributed by atoms with Gasteiger partial charge in [-0.3, -0.25) is 4.79 Å². The summed E-state index contributed by atoms with van der Waals surface area (Å²) in [5.74, 6) is -0.490. The molecule has 1 amide bonds. The number of amides is 1. The van der Waals surface area contributed by atoms with Gasteiger partial charge in [0.25, 0.3) is 0 Å². The molecule has 1 heterocycles. The van der Waals surface area contributed by atoms with Crippen molar-refractivity contribution in [2.24, 2.45) is 0 Å². The number of unbranched alkanes of at least 4 members (excludes halogenated alkanes) is 2. The van der Waals surface area contributed by atoms with Crippen molar-refractivity contribution in [2.75, 3.05) is 5.32 Å². The zero-order valence-corrected chi connectivity index (χ0v) is 18.0. The van der Waals surface area contributed by atoms with Crippen LogP contribution in [0.3, 0.4) is 0 Å². The summed E-state index contributed by atoms with van der Waals surface area (Å²) >= 11 is 13.5. The van der Waals surface area contributed by atoms with Gasteiger partial charge in [0.2, 0.25) is 5.91 Å². The van der Waals surface area contributed by atoms with E-state index in [-0.39, 0.29) is 11.7 Å². The average Bonchev–Trinajstić information content (AvgIpc) is 3.05. The van der Waals surface area contributed by atoms with Crippen LogP contribution in [0, 0.1) is 5.82 Å². The van der Waals surface area contributed by atoms with Gasteiger partial charge in [0, 0.05) is 0 Å². The predicted molar refractivity (Wildman–Crippen MR) is 116 cm³/mol. The first-order chi connectivity index (χ1) is 13.3. The SMILES string of the molecule is CCCCCC(C)(C(=O)Nc1nc2ccc(F)cc2s1)c1ccc(Cl)c(Cl)c1. The number of hydrogen-bond donors (Lipinski definition) is 1. The Labute approximate surface area is 177 Å². The number of nitrogens with zero attached hydrogens (tertiary/aromatic N) is 1. The van der Waals surface area contributed by atoms with Gasteiger partial charge >= 0.3 is 0 Å². The number of hydrogen-bond acceptors (Lipinski definition) is 3. The molecule has 3 rings (SSSR count). The third-order valence-electron chi connectivity index (χ3n) is 4.91. The summed E-state index contributed by atoms with van der Waals surface area (Å²) in [5, 5.41) is 4.25. The van der Waals surface area contributed by atoms with Crippen molar-refractivity contribution < 1.29 is 9.18 Å². The molecular formula is C21H21Cl2FN2OS.